The molecule has 0 radical (unpaired) electrons. The summed E-state index contributed by atoms with van der Waals surface area (Å²) < 4.78 is 35.2. The number of halogens is 2. The van der Waals surface area contributed by atoms with E-state index in [1.807, 2.05) is 0 Å². The van der Waals surface area contributed by atoms with Gasteiger partial charge in [-0.05, 0) is 30.6 Å². The van der Waals surface area contributed by atoms with Gasteiger partial charge in [-0.3, -0.25) is 0 Å². The fourth-order valence-corrected chi connectivity index (χ4v) is 2.22. The van der Waals surface area contributed by atoms with Gasteiger partial charge in [-0.2, -0.15) is 4.37 Å². The van der Waals surface area contributed by atoms with Crippen LogP contribution in [0.4, 0.5) is 14.5 Å². The van der Waals surface area contributed by atoms with Crippen LogP contribution in [-0.4, -0.2) is 16.9 Å². The Labute approximate surface area is 112 Å². The van der Waals surface area contributed by atoms with E-state index in [1.54, 1.807) is 6.92 Å². The number of nitrogens with zero attached hydrogens (tertiary/aromatic N) is 1. The number of nitrogen functional groups attached to an aromatic ring is 1. The number of nitrogens with two attached hydrogens (primary N) is 1. The van der Waals surface area contributed by atoms with Crippen LogP contribution in [0.2, 0.25) is 0 Å². The van der Waals surface area contributed by atoms with Crippen LogP contribution in [0.25, 0.3) is 11.3 Å². The largest absolute Gasteiger partial charge is 0.462 e. The van der Waals surface area contributed by atoms with E-state index in [-0.39, 0.29) is 28.4 Å². The molecule has 4 nitrogen and oxygen atoms in total. The fourth-order valence-electron chi connectivity index (χ4n) is 1.52. The van der Waals surface area contributed by atoms with Crippen molar-refractivity contribution in [3.63, 3.8) is 0 Å². The van der Waals surface area contributed by atoms with Crippen LogP contribution in [0.15, 0.2) is 18.2 Å². The van der Waals surface area contributed by atoms with Crippen molar-refractivity contribution >= 4 is 23.2 Å². The van der Waals surface area contributed by atoms with Crippen molar-refractivity contribution in [2.24, 2.45) is 0 Å². The average molecular weight is 284 g/mol. The first-order chi connectivity index (χ1) is 9.04. The number of esters is 1. The standard InChI is InChI=1S/C12H10F2N2O2S/c1-2-18-12(17)11-9(15)10(16-19-11)7-4-3-6(13)5-8(7)14/h3-5H,2,15H2,1H3. The van der Waals surface area contributed by atoms with E-state index in [0.29, 0.717) is 0 Å². The van der Waals surface area contributed by atoms with E-state index in [1.165, 1.54) is 6.07 Å². The summed E-state index contributed by atoms with van der Waals surface area (Å²) in [5.41, 5.74) is 5.96. The summed E-state index contributed by atoms with van der Waals surface area (Å²) in [6.45, 7) is 1.87. The lowest BCUT2D eigenvalue weighted by Gasteiger charge is -2.02. The first-order valence-corrected chi connectivity index (χ1v) is 6.19. The first-order valence-electron chi connectivity index (χ1n) is 5.42. The predicted molar refractivity (Wildman–Crippen MR) is 67.8 cm³/mol. The number of rotatable bonds is 3. The number of hydrogen-bond acceptors (Lipinski definition) is 5. The molecule has 0 amide bonds. The van der Waals surface area contributed by atoms with Crippen molar-refractivity contribution in [1.29, 1.82) is 0 Å². The zero-order chi connectivity index (χ0) is 14.0. The zero-order valence-electron chi connectivity index (χ0n) is 9.94. The number of aromatic nitrogens is 1. The van der Waals surface area contributed by atoms with Crippen molar-refractivity contribution in [1.82, 2.24) is 4.37 Å². The van der Waals surface area contributed by atoms with Gasteiger partial charge in [-0.15, -0.1) is 0 Å². The second-order valence-electron chi connectivity index (χ2n) is 3.62. The highest BCUT2D eigenvalue weighted by Crippen LogP contribution is 2.32. The SMILES string of the molecule is CCOC(=O)c1snc(-c2ccc(F)cc2F)c1N. The van der Waals surface area contributed by atoms with E-state index in [2.05, 4.69) is 4.37 Å². The van der Waals surface area contributed by atoms with Crippen molar-refractivity contribution in [2.45, 2.75) is 6.92 Å². The molecule has 0 saturated carbocycles. The van der Waals surface area contributed by atoms with E-state index in [4.69, 9.17) is 10.5 Å². The van der Waals surface area contributed by atoms with Crippen molar-refractivity contribution in [2.75, 3.05) is 12.3 Å². The molecule has 0 spiro atoms. The van der Waals surface area contributed by atoms with Gasteiger partial charge in [0.1, 0.15) is 17.3 Å². The van der Waals surface area contributed by atoms with Crippen LogP contribution in [0.3, 0.4) is 0 Å². The van der Waals surface area contributed by atoms with Gasteiger partial charge in [-0.25, -0.2) is 13.6 Å². The van der Waals surface area contributed by atoms with Crippen LogP contribution in [0, 0.1) is 11.6 Å². The number of hydrogen-bond donors (Lipinski definition) is 1. The molecule has 2 N–H and O–H groups in total. The molecule has 0 bridgehead atoms. The molecule has 100 valence electrons. The summed E-state index contributed by atoms with van der Waals surface area (Å²) in [5, 5.41) is 0. The molecule has 7 heteroatoms. The third kappa shape index (κ3) is 2.55. The van der Waals surface area contributed by atoms with E-state index >= 15 is 0 Å². The molecule has 2 rings (SSSR count). The summed E-state index contributed by atoms with van der Waals surface area (Å²) in [5.74, 6) is -2.08. The fraction of sp³-hybridized carbons (Fsp3) is 0.167. The lowest BCUT2D eigenvalue weighted by Crippen LogP contribution is -2.05. The highest BCUT2D eigenvalue weighted by Gasteiger charge is 2.21. The van der Waals surface area contributed by atoms with Crippen LogP contribution in [0.1, 0.15) is 16.6 Å². The number of ether oxygens (including phenoxy) is 1. The molecule has 1 aromatic heterocycles. The maximum absolute atomic E-state index is 13.6. The van der Waals surface area contributed by atoms with Gasteiger partial charge < -0.3 is 10.5 Å². The van der Waals surface area contributed by atoms with Crippen LogP contribution in [0.5, 0.6) is 0 Å². The quantitative estimate of drug-likeness (QED) is 0.880. The second-order valence-corrected chi connectivity index (χ2v) is 4.39. The molecule has 0 atom stereocenters. The molecule has 1 aromatic carbocycles. The first kappa shape index (κ1) is 13.4. The molecular weight excluding hydrogens is 274 g/mol. The maximum atomic E-state index is 13.6. The van der Waals surface area contributed by atoms with E-state index in [0.717, 1.165) is 23.7 Å². The smallest absolute Gasteiger partial charge is 0.352 e. The van der Waals surface area contributed by atoms with E-state index in [9.17, 15) is 13.6 Å². The third-order valence-electron chi connectivity index (χ3n) is 2.38. The molecule has 0 saturated heterocycles. The molecule has 0 unspecified atom stereocenters. The van der Waals surface area contributed by atoms with Gasteiger partial charge in [0.05, 0.1) is 12.3 Å². The van der Waals surface area contributed by atoms with Gasteiger partial charge in [0.2, 0.25) is 0 Å². The van der Waals surface area contributed by atoms with Gasteiger partial charge in [0.25, 0.3) is 0 Å². The molecular formula is C12H10F2N2O2S. The van der Waals surface area contributed by atoms with Crippen molar-refractivity contribution < 1.29 is 18.3 Å². The van der Waals surface area contributed by atoms with Crippen molar-refractivity contribution in [3.05, 3.63) is 34.7 Å². The highest BCUT2D eigenvalue weighted by molar-refractivity contribution is 7.09. The minimum atomic E-state index is -0.785. The summed E-state index contributed by atoms with van der Waals surface area (Å²) in [6.07, 6.45) is 0. The van der Waals surface area contributed by atoms with Gasteiger partial charge in [0, 0.05) is 11.6 Å². The van der Waals surface area contributed by atoms with E-state index < -0.39 is 17.6 Å². The van der Waals surface area contributed by atoms with Crippen LogP contribution in [-0.2, 0) is 4.74 Å². The number of anilines is 1. The average Bonchev–Trinajstić information content (AvgIpc) is 2.72. The highest BCUT2D eigenvalue weighted by atomic mass is 32.1. The molecule has 0 aliphatic heterocycles. The predicted octanol–water partition coefficient (Wildman–Crippen LogP) is 2.85. The van der Waals surface area contributed by atoms with Crippen LogP contribution >= 0.6 is 11.5 Å². The molecule has 19 heavy (non-hydrogen) atoms. The Kier molecular flexibility index (Phi) is 3.75. The summed E-state index contributed by atoms with van der Waals surface area (Å²) in [4.78, 5) is 11.7. The van der Waals surface area contributed by atoms with Gasteiger partial charge in [0.15, 0.2) is 4.88 Å². The summed E-state index contributed by atoms with van der Waals surface area (Å²) in [6, 6.07) is 3.06. The third-order valence-corrected chi connectivity index (χ3v) is 3.22. The number of carbonyl (C=O) groups is 1. The Morgan fingerprint density at radius 1 is 1.47 bits per heavy atom. The Hall–Kier alpha value is -2.02. The lowest BCUT2D eigenvalue weighted by atomic mass is 10.1. The molecule has 0 fully saturated rings. The van der Waals surface area contributed by atoms with Gasteiger partial charge >= 0.3 is 5.97 Å². The Balaban J connectivity index is 2.44. The van der Waals surface area contributed by atoms with Crippen molar-refractivity contribution in [3.8, 4) is 11.3 Å². The topological polar surface area (TPSA) is 65.2 Å². The summed E-state index contributed by atoms with van der Waals surface area (Å²) in [7, 11) is 0. The monoisotopic (exact) mass is 284 g/mol. The maximum Gasteiger partial charge on any atom is 0.352 e. The normalized spacial score (nSPS) is 10.5. The molecule has 2 aromatic rings. The second kappa shape index (κ2) is 5.31. The van der Waals surface area contributed by atoms with Crippen LogP contribution < -0.4 is 5.73 Å². The van der Waals surface area contributed by atoms with Gasteiger partial charge in [-0.1, -0.05) is 0 Å². The number of carbonyl (C=O) groups excluding carboxylic acids is 1. The lowest BCUT2D eigenvalue weighted by molar-refractivity contribution is 0.0533. The molecule has 0 aliphatic carbocycles. The summed E-state index contributed by atoms with van der Waals surface area (Å²) >= 11 is 0.822. The minimum absolute atomic E-state index is 0.0361. The molecule has 0 aliphatic rings. The zero-order valence-corrected chi connectivity index (χ0v) is 10.8. The molecule has 1 heterocycles. The Bertz CT molecular complexity index is 628. The number of benzene rings is 1. The minimum Gasteiger partial charge on any atom is -0.462 e. The Morgan fingerprint density at radius 3 is 2.84 bits per heavy atom. The Morgan fingerprint density at radius 2 is 2.21 bits per heavy atom.